The molecule has 0 spiro atoms. The lowest BCUT2D eigenvalue weighted by molar-refractivity contribution is 0.247. The molecule has 6 heteroatoms. The Morgan fingerprint density at radius 1 is 1.30 bits per heavy atom. The number of nitrogens with two attached hydrogens (primary N) is 1. The maximum atomic E-state index is 11.5. The van der Waals surface area contributed by atoms with E-state index < -0.39 is 6.03 Å². The van der Waals surface area contributed by atoms with Crippen LogP contribution in [0.5, 0.6) is 0 Å². The summed E-state index contributed by atoms with van der Waals surface area (Å²) < 4.78 is 1.29. The van der Waals surface area contributed by atoms with Gasteiger partial charge in [0.2, 0.25) is 0 Å². The minimum absolute atomic E-state index is 0.539. The van der Waals surface area contributed by atoms with E-state index in [2.05, 4.69) is 28.3 Å². The summed E-state index contributed by atoms with van der Waals surface area (Å²) in [6.45, 7) is 7.85. The van der Waals surface area contributed by atoms with Gasteiger partial charge in [-0.15, -0.1) is 0 Å². The van der Waals surface area contributed by atoms with Crippen LogP contribution < -0.4 is 16.0 Å². The molecule has 2 aromatic rings. The van der Waals surface area contributed by atoms with E-state index in [-0.39, 0.29) is 0 Å². The monoisotopic (exact) mass is 273 g/mol. The number of piperazine rings is 1. The number of carbonyl (C=O) groups is 1. The van der Waals surface area contributed by atoms with Crippen molar-refractivity contribution in [2.45, 2.75) is 13.8 Å². The van der Waals surface area contributed by atoms with Gasteiger partial charge in [-0.05, 0) is 25.5 Å². The van der Waals surface area contributed by atoms with Gasteiger partial charge in [-0.2, -0.15) is 9.78 Å². The molecule has 3 N–H and O–H groups in total. The van der Waals surface area contributed by atoms with Crippen molar-refractivity contribution >= 4 is 22.6 Å². The molecule has 0 bridgehead atoms. The SMILES string of the molecule is Cc1ccc2nn(C(N)=O)c(C)c2c1N1CCNCC1. The fraction of sp³-hybridized carbons (Fsp3) is 0.429. The maximum Gasteiger partial charge on any atom is 0.339 e. The fourth-order valence-corrected chi connectivity index (χ4v) is 2.92. The number of carbonyl (C=O) groups excluding carboxylic acids is 1. The first kappa shape index (κ1) is 12.9. The summed E-state index contributed by atoms with van der Waals surface area (Å²) in [5.41, 5.74) is 9.39. The predicted octanol–water partition coefficient (Wildman–Crippen LogP) is 0.990. The first-order valence-electron chi connectivity index (χ1n) is 6.84. The molecule has 1 aromatic heterocycles. The van der Waals surface area contributed by atoms with Crippen molar-refractivity contribution in [2.75, 3.05) is 31.1 Å². The Bertz CT molecular complexity index is 670. The number of fused-ring (bicyclic) bond motifs is 1. The molecule has 1 aliphatic heterocycles. The zero-order chi connectivity index (χ0) is 14.3. The van der Waals surface area contributed by atoms with Crippen LogP contribution >= 0.6 is 0 Å². The molecule has 1 aromatic carbocycles. The number of amides is 1. The Morgan fingerprint density at radius 3 is 2.65 bits per heavy atom. The van der Waals surface area contributed by atoms with Gasteiger partial charge in [-0.3, -0.25) is 0 Å². The molecule has 0 aliphatic carbocycles. The fourth-order valence-electron chi connectivity index (χ4n) is 2.92. The zero-order valence-electron chi connectivity index (χ0n) is 11.8. The highest BCUT2D eigenvalue weighted by Gasteiger charge is 2.20. The second-order valence-corrected chi connectivity index (χ2v) is 5.20. The second-order valence-electron chi connectivity index (χ2n) is 5.20. The number of anilines is 1. The summed E-state index contributed by atoms with van der Waals surface area (Å²) in [5.74, 6) is 0. The van der Waals surface area contributed by atoms with Crippen molar-refractivity contribution in [2.24, 2.45) is 5.73 Å². The van der Waals surface area contributed by atoms with E-state index in [1.54, 1.807) is 0 Å². The van der Waals surface area contributed by atoms with Gasteiger partial charge in [0.1, 0.15) is 0 Å². The van der Waals surface area contributed by atoms with Gasteiger partial charge in [0.25, 0.3) is 0 Å². The molecular weight excluding hydrogens is 254 g/mol. The Balaban J connectivity index is 2.23. The molecule has 3 rings (SSSR count). The summed E-state index contributed by atoms with van der Waals surface area (Å²) in [7, 11) is 0. The summed E-state index contributed by atoms with van der Waals surface area (Å²) in [6, 6.07) is 3.46. The van der Waals surface area contributed by atoms with Gasteiger partial charge < -0.3 is 16.0 Å². The van der Waals surface area contributed by atoms with Crippen LogP contribution in [0.15, 0.2) is 12.1 Å². The van der Waals surface area contributed by atoms with Gasteiger partial charge in [-0.1, -0.05) is 6.07 Å². The average molecular weight is 273 g/mol. The zero-order valence-corrected chi connectivity index (χ0v) is 11.8. The molecule has 106 valence electrons. The summed E-state index contributed by atoms with van der Waals surface area (Å²) >= 11 is 0. The molecule has 0 unspecified atom stereocenters. The highest BCUT2D eigenvalue weighted by atomic mass is 16.2. The summed E-state index contributed by atoms with van der Waals surface area (Å²) in [6.07, 6.45) is 0. The molecule has 20 heavy (non-hydrogen) atoms. The lowest BCUT2D eigenvalue weighted by Crippen LogP contribution is -2.43. The lowest BCUT2D eigenvalue weighted by Gasteiger charge is -2.31. The van der Waals surface area contributed by atoms with Crippen molar-refractivity contribution in [1.29, 1.82) is 0 Å². The van der Waals surface area contributed by atoms with E-state index in [1.807, 2.05) is 13.0 Å². The number of aryl methyl sites for hydroxylation is 2. The van der Waals surface area contributed by atoms with Crippen LogP contribution in [0.2, 0.25) is 0 Å². The Kier molecular flexibility index (Phi) is 3.10. The third-order valence-corrected chi connectivity index (χ3v) is 3.89. The summed E-state index contributed by atoms with van der Waals surface area (Å²) in [4.78, 5) is 13.8. The number of primary amides is 1. The molecule has 1 fully saturated rings. The molecular formula is C14H19N5O. The Hall–Kier alpha value is -2.08. The summed E-state index contributed by atoms with van der Waals surface area (Å²) in [5, 5.41) is 8.69. The van der Waals surface area contributed by atoms with Crippen LogP contribution in [-0.4, -0.2) is 42.0 Å². The number of aromatic nitrogens is 2. The molecule has 1 aliphatic rings. The van der Waals surface area contributed by atoms with Crippen molar-refractivity contribution in [3.63, 3.8) is 0 Å². The van der Waals surface area contributed by atoms with Crippen LogP contribution in [0.3, 0.4) is 0 Å². The molecule has 6 nitrogen and oxygen atoms in total. The van der Waals surface area contributed by atoms with Crippen molar-refractivity contribution < 1.29 is 4.79 Å². The maximum absolute atomic E-state index is 11.5. The second kappa shape index (κ2) is 4.79. The molecule has 1 amide bonds. The topological polar surface area (TPSA) is 76.2 Å². The molecule has 0 radical (unpaired) electrons. The van der Waals surface area contributed by atoms with Gasteiger partial charge in [0.05, 0.1) is 16.9 Å². The molecule has 1 saturated heterocycles. The van der Waals surface area contributed by atoms with Crippen molar-refractivity contribution in [3.8, 4) is 0 Å². The number of nitrogens with zero attached hydrogens (tertiary/aromatic N) is 3. The first-order valence-corrected chi connectivity index (χ1v) is 6.84. The number of benzene rings is 1. The van der Waals surface area contributed by atoms with E-state index in [0.717, 1.165) is 42.8 Å². The standard InChI is InChI=1S/C14H19N5O/c1-9-3-4-11-12(10(2)19(17-11)14(15)20)13(9)18-7-5-16-6-8-18/h3-4,16H,5-8H2,1-2H3,(H2,15,20). The number of nitrogens with one attached hydrogen (secondary N) is 1. The number of rotatable bonds is 1. The van der Waals surface area contributed by atoms with Crippen LogP contribution in [-0.2, 0) is 0 Å². The van der Waals surface area contributed by atoms with E-state index in [1.165, 1.54) is 15.9 Å². The van der Waals surface area contributed by atoms with Crippen LogP contribution in [0.1, 0.15) is 11.3 Å². The minimum Gasteiger partial charge on any atom is -0.368 e. The van der Waals surface area contributed by atoms with Gasteiger partial charge >= 0.3 is 6.03 Å². The normalized spacial score (nSPS) is 15.8. The molecule has 0 atom stereocenters. The lowest BCUT2D eigenvalue weighted by atomic mass is 10.1. The molecule has 0 saturated carbocycles. The third kappa shape index (κ3) is 1.92. The van der Waals surface area contributed by atoms with Crippen LogP contribution in [0.4, 0.5) is 10.5 Å². The van der Waals surface area contributed by atoms with E-state index >= 15 is 0 Å². The largest absolute Gasteiger partial charge is 0.368 e. The van der Waals surface area contributed by atoms with Gasteiger partial charge in [0.15, 0.2) is 0 Å². The van der Waals surface area contributed by atoms with Gasteiger partial charge in [0, 0.05) is 31.6 Å². The highest BCUT2D eigenvalue weighted by molar-refractivity contribution is 5.98. The highest BCUT2D eigenvalue weighted by Crippen LogP contribution is 2.32. The smallest absolute Gasteiger partial charge is 0.339 e. The number of hydrogen-bond donors (Lipinski definition) is 2. The Morgan fingerprint density at radius 2 is 2.00 bits per heavy atom. The number of hydrogen-bond acceptors (Lipinski definition) is 4. The van der Waals surface area contributed by atoms with Crippen LogP contribution in [0.25, 0.3) is 10.9 Å². The average Bonchev–Trinajstić information content (AvgIpc) is 2.78. The third-order valence-electron chi connectivity index (χ3n) is 3.89. The van der Waals surface area contributed by atoms with E-state index in [9.17, 15) is 4.79 Å². The van der Waals surface area contributed by atoms with Crippen LogP contribution in [0, 0.1) is 13.8 Å². The predicted molar refractivity (Wildman–Crippen MR) is 79.3 cm³/mol. The Labute approximate surface area is 117 Å². The minimum atomic E-state index is -0.539. The molecule has 2 heterocycles. The quantitative estimate of drug-likeness (QED) is 0.812. The van der Waals surface area contributed by atoms with E-state index in [0.29, 0.717) is 0 Å². The van der Waals surface area contributed by atoms with Gasteiger partial charge in [-0.25, -0.2) is 4.79 Å². The van der Waals surface area contributed by atoms with E-state index in [4.69, 9.17) is 5.73 Å². The van der Waals surface area contributed by atoms with Crippen molar-refractivity contribution in [3.05, 3.63) is 23.4 Å². The van der Waals surface area contributed by atoms with Crippen molar-refractivity contribution in [1.82, 2.24) is 15.1 Å². The first-order chi connectivity index (χ1) is 9.59.